The predicted octanol–water partition coefficient (Wildman–Crippen LogP) is 1.80. The number of hydrogen-bond donors (Lipinski definition) is 1. The summed E-state index contributed by atoms with van der Waals surface area (Å²) in [5, 5.41) is 7.79. The lowest BCUT2D eigenvalue weighted by Gasteiger charge is -2.28. The third-order valence-electron chi connectivity index (χ3n) is 2.87. The molecule has 1 atom stereocenters. The van der Waals surface area contributed by atoms with Crippen LogP contribution in [0.4, 0.5) is 5.82 Å². The highest BCUT2D eigenvalue weighted by molar-refractivity contribution is 5.47. The van der Waals surface area contributed by atoms with Gasteiger partial charge in [-0.1, -0.05) is 13.8 Å². The molecule has 0 amide bonds. The quantitative estimate of drug-likeness (QED) is 0.712. The highest BCUT2D eigenvalue weighted by Crippen LogP contribution is 2.26. The molecule has 1 aliphatic rings. The van der Waals surface area contributed by atoms with E-state index in [9.17, 15) is 0 Å². The fourth-order valence-electron chi connectivity index (χ4n) is 1.91. The standard InChI is InChI=1S/C10H17N3/c1-7(2)9-5-4-8-6-11-13(3)10(8)12-9/h6-7,9,12H,4-5H2,1-3H3/t9-/m0/s1. The molecular formula is C10H17N3. The zero-order valence-electron chi connectivity index (χ0n) is 8.54. The Bertz CT molecular complexity index is 301. The molecule has 1 N–H and O–H groups in total. The maximum atomic E-state index is 4.25. The maximum Gasteiger partial charge on any atom is 0.127 e. The van der Waals surface area contributed by atoms with Crippen molar-refractivity contribution >= 4 is 5.82 Å². The van der Waals surface area contributed by atoms with E-state index in [1.165, 1.54) is 24.2 Å². The van der Waals surface area contributed by atoms with Crippen molar-refractivity contribution in [2.75, 3.05) is 5.32 Å². The van der Waals surface area contributed by atoms with Gasteiger partial charge in [0.1, 0.15) is 5.82 Å². The first kappa shape index (κ1) is 8.60. The fourth-order valence-corrected chi connectivity index (χ4v) is 1.91. The summed E-state index contributed by atoms with van der Waals surface area (Å²) in [6.07, 6.45) is 4.37. The lowest BCUT2D eigenvalue weighted by atomic mass is 9.94. The number of nitrogens with one attached hydrogen (secondary N) is 1. The number of hydrogen-bond acceptors (Lipinski definition) is 2. The predicted molar refractivity (Wildman–Crippen MR) is 53.8 cm³/mol. The third kappa shape index (κ3) is 1.43. The molecule has 1 aliphatic heterocycles. The van der Waals surface area contributed by atoms with Gasteiger partial charge < -0.3 is 5.32 Å². The lowest BCUT2D eigenvalue weighted by molar-refractivity contribution is 0.478. The lowest BCUT2D eigenvalue weighted by Crippen LogP contribution is -2.30. The third-order valence-corrected chi connectivity index (χ3v) is 2.87. The van der Waals surface area contributed by atoms with Gasteiger partial charge in [0, 0.05) is 18.7 Å². The zero-order valence-corrected chi connectivity index (χ0v) is 8.54. The zero-order chi connectivity index (χ0) is 9.42. The molecule has 72 valence electrons. The first-order chi connectivity index (χ1) is 6.18. The van der Waals surface area contributed by atoms with E-state index in [2.05, 4.69) is 24.3 Å². The van der Waals surface area contributed by atoms with E-state index in [-0.39, 0.29) is 0 Å². The normalized spacial score (nSPS) is 21.4. The molecule has 0 fully saturated rings. The Hall–Kier alpha value is -0.990. The van der Waals surface area contributed by atoms with Crippen molar-refractivity contribution in [3.05, 3.63) is 11.8 Å². The van der Waals surface area contributed by atoms with Gasteiger partial charge in [-0.05, 0) is 18.8 Å². The van der Waals surface area contributed by atoms with Crippen molar-refractivity contribution in [2.24, 2.45) is 13.0 Å². The summed E-state index contributed by atoms with van der Waals surface area (Å²) in [5.41, 5.74) is 1.36. The minimum absolute atomic E-state index is 0.614. The molecule has 1 aromatic heterocycles. The van der Waals surface area contributed by atoms with Crippen molar-refractivity contribution in [1.82, 2.24) is 9.78 Å². The number of aromatic nitrogens is 2. The van der Waals surface area contributed by atoms with Crippen molar-refractivity contribution in [3.8, 4) is 0 Å². The Morgan fingerprint density at radius 3 is 3.08 bits per heavy atom. The maximum absolute atomic E-state index is 4.25. The number of aryl methyl sites for hydroxylation is 2. The van der Waals surface area contributed by atoms with Gasteiger partial charge >= 0.3 is 0 Å². The fraction of sp³-hybridized carbons (Fsp3) is 0.700. The van der Waals surface area contributed by atoms with Crippen molar-refractivity contribution in [2.45, 2.75) is 32.7 Å². The molecule has 0 saturated carbocycles. The molecule has 2 rings (SSSR count). The van der Waals surface area contributed by atoms with E-state index in [1.54, 1.807) is 0 Å². The van der Waals surface area contributed by atoms with E-state index < -0.39 is 0 Å². The van der Waals surface area contributed by atoms with Crippen LogP contribution in [0.1, 0.15) is 25.8 Å². The van der Waals surface area contributed by atoms with Gasteiger partial charge in [0.25, 0.3) is 0 Å². The molecule has 0 unspecified atom stereocenters. The minimum atomic E-state index is 0.614. The van der Waals surface area contributed by atoms with Gasteiger partial charge in [0.05, 0.1) is 6.20 Å². The van der Waals surface area contributed by atoms with Crippen molar-refractivity contribution in [1.29, 1.82) is 0 Å². The number of fused-ring (bicyclic) bond motifs is 1. The van der Waals surface area contributed by atoms with Crippen LogP contribution in [0.3, 0.4) is 0 Å². The summed E-state index contributed by atoms with van der Waals surface area (Å²) in [6.45, 7) is 4.53. The van der Waals surface area contributed by atoms with Crippen LogP contribution in [0.2, 0.25) is 0 Å². The Morgan fingerprint density at radius 2 is 2.38 bits per heavy atom. The summed E-state index contributed by atoms with van der Waals surface area (Å²) in [7, 11) is 1.99. The van der Waals surface area contributed by atoms with Crippen LogP contribution in [-0.2, 0) is 13.5 Å². The Labute approximate surface area is 79.1 Å². The molecule has 13 heavy (non-hydrogen) atoms. The van der Waals surface area contributed by atoms with E-state index in [4.69, 9.17) is 0 Å². The van der Waals surface area contributed by atoms with Gasteiger partial charge in [0.15, 0.2) is 0 Å². The SMILES string of the molecule is CC(C)[C@@H]1CCc2cnn(C)c2N1. The molecule has 0 saturated heterocycles. The average Bonchev–Trinajstić information content (AvgIpc) is 2.47. The summed E-state index contributed by atoms with van der Waals surface area (Å²) in [4.78, 5) is 0. The summed E-state index contributed by atoms with van der Waals surface area (Å²) < 4.78 is 1.93. The van der Waals surface area contributed by atoms with E-state index >= 15 is 0 Å². The highest BCUT2D eigenvalue weighted by Gasteiger charge is 2.22. The highest BCUT2D eigenvalue weighted by atomic mass is 15.3. The van der Waals surface area contributed by atoms with Crippen LogP contribution in [0.5, 0.6) is 0 Å². The van der Waals surface area contributed by atoms with Crippen LogP contribution in [-0.4, -0.2) is 15.8 Å². The topological polar surface area (TPSA) is 29.9 Å². The second-order valence-corrected chi connectivity index (χ2v) is 4.18. The smallest absolute Gasteiger partial charge is 0.127 e. The second kappa shape index (κ2) is 3.05. The molecular weight excluding hydrogens is 162 g/mol. The average molecular weight is 179 g/mol. The minimum Gasteiger partial charge on any atom is -0.367 e. The van der Waals surface area contributed by atoms with Crippen molar-refractivity contribution < 1.29 is 0 Å². The Kier molecular flexibility index (Phi) is 2.02. The molecule has 2 heterocycles. The molecule has 3 nitrogen and oxygen atoms in total. The summed E-state index contributed by atoms with van der Waals surface area (Å²) in [6, 6.07) is 0.614. The second-order valence-electron chi connectivity index (χ2n) is 4.18. The van der Waals surface area contributed by atoms with Crippen molar-refractivity contribution in [3.63, 3.8) is 0 Å². The molecule has 0 radical (unpaired) electrons. The first-order valence-electron chi connectivity index (χ1n) is 4.96. The monoisotopic (exact) mass is 179 g/mol. The Balaban J connectivity index is 2.22. The van der Waals surface area contributed by atoms with E-state index in [0.29, 0.717) is 12.0 Å². The largest absolute Gasteiger partial charge is 0.367 e. The van der Waals surface area contributed by atoms with Gasteiger partial charge in [-0.2, -0.15) is 5.10 Å². The van der Waals surface area contributed by atoms with Crippen LogP contribution >= 0.6 is 0 Å². The van der Waals surface area contributed by atoms with Crippen LogP contribution in [0.25, 0.3) is 0 Å². The molecule has 0 aliphatic carbocycles. The van der Waals surface area contributed by atoms with E-state index in [1.807, 2.05) is 17.9 Å². The molecule has 1 aromatic rings. The molecule has 0 spiro atoms. The number of rotatable bonds is 1. The van der Waals surface area contributed by atoms with Crippen LogP contribution < -0.4 is 5.32 Å². The van der Waals surface area contributed by atoms with Gasteiger partial charge in [0.2, 0.25) is 0 Å². The summed E-state index contributed by atoms with van der Waals surface area (Å²) >= 11 is 0. The van der Waals surface area contributed by atoms with Gasteiger partial charge in [-0.15, -0.1) is 0 Å². The molecule has 0 aromatic carbocycles. The van der Waals surface area contributed by atoms with Crippen LogP contribution in [0.15, 0.2) is 6.20 Å². The number of anilines is 1. The first-order valence-corrected chi connectivity index (χ1v) is 4.96. The van der Waals surface area contributed by atoms with Gasteiger partial charge in [-0.25, -0.2) is 0 Å². The van der Waals surface area contributed by atoms with Crippen LogP contribution in [0, 0.1) is 5.92 Å². The Morgan fingerprint density at radius 1 is 1.62 bits per heavy atom. The summed E-state index contributed by atoms with van der Waals surface area (Å²) in [5.74, 6) is 1.91. The molecule has 0 bridgehead atoms. The van der Waals surface area contributed by atoms with E-state index in [0.717, 1.165) is 0 Å². The number of nitrogens with zero attached hydrogens (tertiary/aromatic N) is 2. The molecule has 3 heteroatoms. The van der Waals surface area contributed by atoms with Gasteiger partial charge in [-0.3, -0.25) is 4.68 Å².